The molecule has 0 aromatic heterocycles. The molecule has 2 N–H and O–H groups in total. The molecule has 0 unspecified atom stereocenters. The van der Waals surface area contributed by atoms with Gasteiger partial charge in [0.05, 0.1) is 6.61 Å². The average molecular weight is 293 g/mol. The Balaban J connectivity index is 2.69. The lowest BCUT2D eigenvalue weighted by atomic mass is 9.99. The molecule has 108 valence electrons. The fraction of sp³-hybridized carbons (Fsp3) is 0.538. The number of hydrogen-bond acceptors (Lipinski definition) is 3. The van der Waals surface area contributed by atoms with Gasteiger partial charge in [0.1, 0.15) is 5.75 Å². The number of thioether (sulfide) groups is 1. The molecule has 0 radical (unpaired) electrons. The van der Waals surface area contributed by atoms with E-state index in [0.29, 0.717) is 11.4 Å². The molecule has 19 heavy (non-hydrogen) atoms. The van der Waals surface area contributed by atoms with Crippen molar-refractivity contribution in [1.82, 2.24) is 0 Å². The van der Waals surface area contributed by atoms with E-state index >= 15 is 0 Å². The van der Waals surface area contributed by atoms with Gasteiger partial charge < -0.3 is 10.5 Å². The van der Waals surface area contributed by atoms with E-state index in [4.69, 9.17) is 10.5 Å². The molecule has 1 aromatic rings. The van der Waals surface area contributed by atoms with E-state index in [1.165, 1.54) is 0 Å². The van der Waals surface area contributed by atoms with Gasteiger partial charge in [0.2, 0.25) is 0 Å². The zero-order valence-electron chi connectivity index (χ0n) is 11.2. The van der Waals surface area contributed by atoms with Gasteiger partial charge in [-0.2, -0.15) is 13.2 Å². The number of nitrogens with two attached hydrogens (primary N) is 1. The van der Waals surface area contributed by atoms with Gasteiger partial charge in [-0.05, 0) is 47.9 Å². The highest BCUT2D eigenvalue weighted by molar-refractivity contribution is 8.00. The molecular formula is C13H18F3NOS. The number of benzene rings is 1. The van der Waals surface area contributed by atoms with Crippen LogP contribution in [0.5, 0.6) is 5.75 Å². The van der Waals surface area contributed by atoms with Crippen LogP contribution >= 0.6 is 11.8 Å². The van der Waals surface area contributed by atoms with Crippen LogP contribution in [0.2, 0.25) is 0 Å². The van der Waals surface area contributed by atoms with Crippen molar-refractivity contribution < 1.29 is 17.9 Å². The molecule has 0 saturated carbocycles. The molecule has 0 amide bonds. The minimum Gasteiger partial charge on any atom is -0.492 e. The number of anilines is 1. The van der Waals surface area contributed by atoms with Gasteiger partial charge in [0.25, 0.3) is 0 Å². The molecule has 0 saturated heterocycles. The second kappa shape index (κ2) is 6.41. The number of alkyl halides is 3. The first-order valence-electron chi connectivity index (χ1n) is 5.94. The zero-order valence-corrected chi connectivity index (χ0v) is 12.0. The predicted molar refractivity (Wildman–Crippen MR) is 73.7 cm³/mol. The minimum atomic E-state index is -4.21. The molecule has 0 heterocycles. The quantitative estimate of drug-likeness (QED) is 0.648. The van der Waals surface area contributed by atoms with Crippen molar-refractivity contribution in [2.45, 2.75) is 32.2 Å². The second-order valence-electron chi connectivity index (χ2n) is 4.54. The van der Waals surface area contributed by atoms with E-state index in [1.807, 2.05) is 26.8 Å². The largest absolute Gasteiger partial charge is 0.492 e. The van der Waals surface area contributed by atoms with Gasteiger partial charge in [-0.3, -0.25) is 0 Å². The summed E-state index contributed by atoms with van der Waals surface area (Å²) in [7, 11) is 0. The van der Waals surface area contributed by atoms with Crippen LogP contribution in [0.4, 0.5) is 18.9 Å². The van der Waals surface area contributed by atoms with E-state index in [1.54, 1.807) is 6.07 Å². The van der Waals surface area contributed by atoms with E-state index in [9.17, 15) is 13.2 Å². The van der Waals surface area contributed by atoms with E-state index in [0.717, 1.165) is 11.1 Å². The van der Waals surface area contributed by atoms with Gasteiger partial charge >= 0.3 is 5.51 Å². The third-order valence-electron chi connectivity index (χ3n) is 2.63. The van der Waals surface area contributed by atoms with Crippen LogP contribution in [-0.4, -0.2) is 17.9 Å². The molecule has 0 atom stereocenters. The Labute approximate surface area is 115 Å². The van der Waals surface area contributed by atoms with Crippen molar-refractivity contribution in [3.63, 3.8) is 0 Å². The number of ether oxygens (including phenoxy) is 1. The maximum absolute atomic E-state index is 12.0. The third kappa shape index (κ3) is 5.22. The molecule has 0 fully saturated rings. The van der Waals surface area contributed by atoms with E-state index in [2.05, 4.69) is 0 Å². The number of aryl methyl sites for hydroxylation is 1. The Morgan fingerprint density at radius 1 is 1.32 bits per heavy atom. The van der Waals surface area contributed by atoms with E-state index in [-0.39, 0.29) is 30.0 Å². The highest BCUT2D eigenvalue weighted by Gasteiger charge is 2.27. The Kier molecular flexibility index (Phi) is 5.40. The standard InChI is InChI=1S/C13H18F3NOS/c1-8(2)10-7-11(17)9(3)6-12(10)18-4-5-19-13(14,15)16/h6-8H,4-5,17H2,1-3H3. The van der Waals surface area contributed by atoms with Crippen LogP contribution in [0.25, 0.3) is 0 Å². The molecule has 6 heteroatoms. The third-order valence-corrected chi connectivity index (χ3v) is 3.33. The molecule has 2 nitrogen and oxygen atoms in total. The minimum absolute atomic E-state index is 0.0211. The molecule has 0 aliphatic heterocycles. The summed E-state index contributed by atoms with van der Waals surface area (Å²) in [5, 5.41) is 0. The zero-order chi connectivity index (χ0) is 14.6. The summed E-state index contributed by atoms with van der Waals surface area (Å²) in [6.45, 7) is 5.84. The van der Waals surface area contributed by atoms with Crippen molar-refractivity contribution >= 4 is 17.4 Å². The summed E-state index contributed by atoms with van der Waals surface area (Å²) in [4.78, 5) is 0. The number of halogens is 3. The monoisotopic (exact) mass is 293 g/mol. The lowest BCUT2D eigenvalue weighted by Crippen LogP contribution is -2.09. The van der Waals surface area contributed by atoms with Gasteiger partial charge in [0.15, 0.2) is 0 Å². The summed E-state index contributed by atoms with van der Waals surface area (Å²) >= 11 is -0.0753. The van der Waals surface area contributed by atoms with Crippen molar-refractivity contribution in [3.8, 4) is 5.75 Å². The summed E-state index contributed by atoms with van der Waals surface area (Å²) in [5.74, 6) is 0.697. The Bertz CT molecular complexity index is 433. The van der Waals surface area contributed by atoms with Gasteiger partial charge in [-0.15, -0.1) is 0 Å². The Morgan fingerprint density at radius 2 is 1.95 bits per heavy atom. The summed E-state index contributed by atoms with van der Waals surface area (Å²) in [6, 6.07) is 3.61. The SMILES string of the molecule is Cc1cc(OCCSC(F)(F)F)c(C(C)C)cc1N. The Hall–Kier alpha value is -1.04. The fourth-order valence-corrected chi connectivity index (χ4v) is 2.00. The molecule has 1 rings (SSSR count). The van der Waals surface area contributed by atoms with Crippen molar-refractivity contribution in [3.05, 3.63) is 23.3 Å². The number of nitrogen functional groups attached to an aromatic ring is 1. The van der Waals surface area contributed by atoms with Crippen LogP contribution in [0, 0.1) is 6.92 Å². The maximum Gasteiger partial charge on any atom is 0.441 e. The first-order chi connectivity index (χ1) is 8.70. The molecule has 0 aliphatic rings. The predicted octanol–water partition coefficient (Wildman–Crippen LogP) is 4.33. The smallest absolute Gasteiger partial charge is 0.441 e. The van der Waals surface area contributed by atoms with Crippen LogP contribution < -0.4 is 10.5 Å². The van der Waals surface area contributed by atoms with Crippen molar-refractivity contribution in [1.29, 1.82) is 0 Å². The summed E-state index contributed by atoms with van der Waals surface area (Å²) in [5.41, 5.74) is 4.07. The van der Waals surface area contributed by atoms with Gasteiger partial charge in [-0.25, -0.2) is 0 Å². The van der Waals surface area contributed by atoms with Gasteiger partial charge in [-0.1, -0.05) is 13.8 Å². The van der Waals surface area contributed by atoms with Crippen LogP contribution in [-0.2, 0) is 0 Å². The van der Waals surface area contributed by atoms with Gasteiger partial charge in [0, 0.05) is 11.4 Å². The van der Waals surface area contributed by atoms with Crippen molar-refractivity contribution in [2.75, 3.05) is 18.1 Å². The fourth-order valence-electron chi connectivity index (χ4n) is 1.60. The lowest BCUT2D eigenvalue weighted by Gasteiger charge is -2.16. The summed E-state index contributed by atoms with van der Waals surface area (Å²) < 4.78 is 41.4. The first-order valence-corrected chi connectivity index (χ1v) is 6.92. The lowest BCUT2D eigenvalue weighted by molar-refractivity contribution is -0.0329. The van der Waals surface area contributed by atoms with Crippen LogP contribution in [0.15, 0.2) is 12.1 Å². The molecule has 0 spiro atoms. The number of rotatable bonds is 5. The molecule has 0 aliphatic carbocycles. The van der Waals surface area contributed by atoms with Crippen LogP contribution in [0.3, 0.4) is 0 Å². The normalized spacial score (nSPS) is 11.9. The van der Waals surface area contributed by atoms with Crippen molar-refractivity contribution in [2.24, 2.45) is 0 Å². The topological polar surface area (TPSA) is 35.2 Å². The maximum atomic E-state index is 12.0. The Morgan fingerprint density at radius 3 is 2.47 bits per heavy atom. The average Bonchev–Trinajstić information content (AvgIpc) is 2.27. The molecule has 0 bridgehead atoms. The van der Waals surface area contributed by atoms with Crippen LogP contribution in [0.1, 0.15) is 30.9 Å². The second-order valence-corrected chi connectivity index (χ2v) is 5.70. The highest BCUT2D eigenvalue weighted by Crippen LogP contribution is 2.32. The van der Waals surface area contributed by atoms with E-state index < -0.39 is 5.51 Å². The first kappa shape index (κ1) is 16.0. The summed E-state index contributed by atoms with van der Waals surface area (Å²) in [6.07, 6.45) is 0. The molecular weight excluding hydrogens is 275 g/mol. The highest BCUT2D eigenvalue weighted by atomic mass is 32.2. The molecule has 1 aromatic carbocycles. The number of hydrogen-bond donors (Lipinski definition) is 1.